The van der Waals surface area contributed by atoms with E-state index in [4.69, 9.17) is 4.74 Å². The van der Waals surface area contributed by atoms with Crippen molar-refractivity contribution in [1.82, 2.24) is 5.32 Å². The van der Waals surface area contributed by atoms with Crippen molar-refractivity contribution in [3.05, 3.63) is 28.2 Å². The van der Waals surface area contributed by atoms with Crippen LogP contribution in [0.15, 0.2) is 22.7 Å². The van der Waals surface area contributed by atoms with E-state index in [0.29, 0.717) is 5.56 Å². The predicted octanol–water partition coefficient (Wildman–Crippen LogP) is 4.87. The number of piperidine rings is 1. The van der Waals surface area contributed by atoms with E-state index in [0.717, 1.165) is 29.8 Å². The number of nitrogens with one attached hydrogen (secondary N) is 1. The van der Waals surface area contributed by atoms with Gasteiger partial charge in [0, 0.05) is 17.6 Å². The van der Waals surface area contributed by atoms with Gasteiger partial charge in [-0.2, -0.15) is 0 Å². The third-order valence-electron chi connectivity index (χ3n) is 3.56. The molecular weight excluding hydrogens is 368 g/mol. The molecule has 1 saturated heterocycles. The van der Waals surface area contributed by atoms with Crippen molar-refractivity contribution in [3.8, 4) is 0 Å². The molecule has 5 heteroatoms. The number of methoxy groups -OCH3 is 1. The molecule has 0 aliphatic carbocycles. The van der Waals surface area contributed by atoms with Crippen LogP contribution < -0.4 is 10.2 Å². The fraction of sp³-hybridized carbons (Fsp3) is 0.632. The van der Waals surface area contributed by atoms with Crippen molar-refractivity contribution in [3.63, 3.8) is 0 Å². The zero-order chi connectivity index (χ0) is 18.4. The van der Waals surface area contributed by atoms with Crippen LogP contribution >= 0.6 is 15.9 Å². The maximum Gasteiger partial charge on any atom is 0.340 e. The van der Waals surface area contributed by atoms with Gasteiger partial charge in [-0.3, -0.25) is 0 Å². The lowest BCUT2D eigenvalue weighted by atomic mass is 10.1. The molecule has 1 heterocycles. The van der Waals surface area contributed by atoms with Crippen molar-refractivity contribution in [2.24, 2.45) is 0 Å². The third kappa shape index (κ3) is 8.15. The lowest BCUT2D eigenvalue weighted by Gasteiger charge is -2.30. The summed E-state index contributed by atoms with van der Waals surface area (Å²) >= 11 is 3.39. The number of esters is 1. The Hall–Kier alpha value is -1.07. The van der Waals surface area contributed by atoms with Gasteiger partial charge in [-0.05, 0) is 57.5 Å². The summed E-state index contributed by atoms with van der Waals surface area (Å²) in [7, 11) is 3.38. The molecule has 0 aromatic heterocycles. The highest BCUT2D eigenvalue weighted by Crippen LogP contribution is 2.27. The zero-order valence-corrected chi connectivity index (χ0v) is 17.4. The van der Waals surface area contributed by atoms with Gasteiger partial charge in [0.15, 0.2) is 0 Å². The molecule has 0 radical (unpaired) electrons. The average molecular weight is 401 g/mol. The van der Waals surface area contributed by atoms with Crippen molar-refractivity contribution < 1.29 is 9.53 Å². The number of halogens is 1. The van der Waals surface area contributed by atoms with E-state index in [1.54, 1.807) is 0 Å². The van der Waals surface area contributed by atoms with Crippen LogP contribution in [0.4, 0.5) is 5.69 Å². The van der Waals surface area contributed by atoms with Crippen molar-refractivity contribution >= 4 is 27.6 Å². The van der Waals surface area contributed by atoms with Gasteiger partial charge < -0.3 is 15.0 Å². The van der Waals surface area contributed by atoms with Gasteiger partial charge in [-0.1, -0.05) is 36.7 Å². The summed E-state index contributed by atoms with van der Waals surface area (Å²) in [6.45, 7) is 9.33. The first-order valence-corrected chi connectivity index (χ1v) is 9.70. The zero-order valence-electron chi connectivity index (χ0n) is 15.8. The maximum absolute atomic E-state index is 11.8. The number of hydrogen-bond donors (Lipinski definition) is 1. The summed E-state index contributed by atoms with van der Waals surface area (Å²) in [5, 5.41) is 3.02. The second-order valence-electron chi connectivity index (χ2n) is 5.30. The minimum Gasteiger partial charge on any atom is -0.465 e. The van der Waals surface area contributed by atoms with Crippen LogP contribution in [0.1, 0.15) is 56.8 Å². The second kappa shape index (κ2) is 14.3. The molecule has 1 aliphatic rings. The molecular formula is C19H33BrN2O2. The highest BCUT2D eigenvalue weighted by molar-refractivity contribution is 9.10. The van der Waals surface area contributed by atoms with E-state index in [-0.39, 0.29) is 5.97 Å². The van der Waals surface area contributed by atoms with Crippen LogP contribution in [0.3, 0.4) is 0 Å². The summed E-state index contributed by atoms with van der Waals surface area (Å²) < 4.78 is 5.74. The van der Waals surface area contributed by atoms with E-state index in [2.05, 4.69) is 33.1 Å². The standard InChI is InChI=1S/C13H16BrNO2.C4H11N.C2H6/c1-17-13(16)11-9-10(14)5-6-12(11)15-7-3-2-4-8-15;1-3-4-5-2;1-2/h5-6,9H,2-4,7-8H2,1H3;5H,3-4H2,1-2H3;1-2H3. The SMILES string of the molecule is CC.CCCNC.COC(=O)c1cc(Br)ccc1N1CCCCC1. The summed E-state index contributed by atoms with van der Waals surface area (Å²) in [5.74, 6) is -0.271. The second-order valence-corrected chi connectivity index (χ2v) is 6.22. The lowest BCUT2D eigenvalue weighted by Crippen LogP contribution is -2.30. The van der Waals surface area contributed by atoms with Gasteiger partial charge in [0.25, 0.3) is 0 Å². The van der Waals surface area contributed by atoms with E-state index < -0.39 is 0 Å². The van der Waals surface area contributed by atoms with Crippen molar-refractivity contribution in [1.29, 1.82) is 0 Å². The Morgan fingerprint density at radius 2 is 1.88 bits per heavy atom. The first kappa shape index (κ1) is 22.9. The quantitative estimate of drug-likeness (QED) is 0.731. The van der Waals surface area contributed by atoms with Crippen LogP contribution in [0, 0.1) is 0 Å². The van der Waals surface area contributed by atoms with E-state index >= 15 is 0 Å². The van der Waals surface area contributed by atoms with Crippen molar-refractivity contribution in [2.75, 3.05) is 38.7 Å². The minimum absolute atomic E-state index is 0.271. The van der Waals surface area contributed by atoms with Crippen LogP contribution in [0.2, 0.25) is 0 Å². The summed E-state index contributed by atoms with van der Waals surface area (Å²) in [5.41, 5.74) is 1.63. The molecule has 24 heavy (non-hydrogen) atoms. The molecule has 0 amide bonds. The number of carbonyl (C=O) groups excluding carboxylic acids is 1. The largest absolute Gasteiger partial charge is 0.465 e. The summed E-state index contributed by atoms with van der Waals surface area (Å²) in [4.78, 5) is 14.0. The molecule has 0 bridgehead atoms. The molecule has 1 aromatic rings. The Bertz CT molecular complexity index is 459. The van der Waals surface area contributed by atoms with E-state index in [1.807, 2.05) is 39.1 Å². The van der Waals surface area contributed by atoms with Gasteiger partial charge in [0.2, 0.25) is 0 Å². The molecule has 0 atom stereocenters. The fourth-order valence-electron chi connectivity index (χ4n) is 2.44. The lowest BCUT2D eigenvalue weighted by molar-refractivity contribution is 0.0601. The molecule has 1 fully saturated rings. The van der Waals surface area contributed by atoms with Crippen LogP contribution in [-0.2, 0) is 4.74 Å². The first-order chi connectivity index (χ1) is 11.6. The maximum atomic E-state index is 11.8. The van der Waals surface area contributed by atoms with Gasteiger partial charge in [-0.25, -0.2) is 4.79 Å². The Balaban J connectivity index is 0.000000650. The highest BCUT2D eigenvalue weighted by atomic mass is 79.9. The molecule has 0 saturated carbocycles. The average Bonchev–Trinajstić information content (AvgIpc) is 2.64. The minimum atomic E-state index is -0.271. The van der Waals surface area contributed by atoms with Crippen LogP contribution in [0.25, 0.3) is 0 Å². The number of carbonyl (C=O) groups is 1. The van der Waals surface area contributed by atoms with Gasteiger partial charge in [-0.15, -0.1) is 0 Å². The molecule has 0 unspecified atom stereocenters. The fourth-order valence-corrected chi connectivity index (χ4v) is 2.80. The molecule has 4 nitrogen and oxygen atoms in total. The Labute approximate surface area is 156 Å². The number of nitrogens with zero attached hydrogens (tertiary/aromatic N) is 1. The summed E-state index contributed by atoms with van der Waals surface area (Å²) in [6.07, 6.45) is 4.89. The smallest absolute Gasteiger partial charge is 0.340 e. The first-order valence-electron chi connectivity index (χ1n) is 8.91. The van der Waals surface area contributed by atoms with Gasteiger partial charge >= 0.3 is 5.97 Å². The Morgan fingerprint density at radius 1 is 1.25 bits per heavy atom. The molecule has 138 valence electrons. The Morgan fingerprint density at radius 3 is 2.33 bits per heavy atom. The number of benzene rings is 1. The van der Waals surface area contributed by atoms with Crippen molar-refractivity contribution in [2.45, 2.75) is 46.5 Å². The Kier molecular flexibility index (Phi) is 13.7. The molecule has 2 rings (SSSR count). The predicted molar refractivity (Wildman–Crippen MR) is 107 cm³/mol. The number of hydrogen-bond acceptors (Lipinski definition) is 4. The summed E-state index contributed by atoms with van der Waals surface area (Å²) in [6, 6.07) is 5.79. The molecule has 1 aromatic carbocycles. The number of ether oxygens (including phenoxy) is 1. The van der Waals surface area contributed by atoms with Gasteiger partial charge in [0.05, 0.1) is 18.4 Å². The topological polar surface area (TPSA) is 41.6 Å². The normalized spacial score (nSPS) is 13.2. The number of rotatable bonds is 4. The van der Waals surface area contributed by atoms with Crippen LogP contribution in [-0.4, -0.2) is 39.8 Å². The third-order valence-corrected chi connectivity index (χ3v) is 4.05. The molecule has 1 aliphatic heterocycles. The molecule has 1 N–H and O–H groups in total. The van der Waals surface area contributed by atoms with E-state index in [1.165, 1.54) is 32.8 Å². The highest BCUT2D eigenvalue weighted by Gasteiger charge is 2.19. The van der Waals surface area contributed by atoms with E-state index in [9.17, 15) is 4.79 Å². The van der Waals surface area contributed by atoms with Gasteiger partial charge in [0.1, 0.15) is 0 Å². The monoisotopic (exact) mass is 400 g/mol. The number of anilines is 1. The molecule has 0 spiro atoms. The van der Waals surface area contributed by atoms with Crippen LogP contribution in [0.5, 0.6) is 0 Å².